The van der Waals surface area contributed by atoms with Crippen LogP contribution in [0.25, 0.3) is 0 Å². The maximum absolute atomic E-state index is 13.7. The minimum absolute atomic E-state index is 0.0681. The summed E-state index contributed by atoms with van der Waals surface area (Å²) in [6.45, 7) is 4.36. The molecule has 0 atom stereocenters. The lowest BCUT2D eigenvalue weighted by Crippen LogP contribution is -2.24. The van der Waals surface area contributed by atoms with E-state index in [4.69, 9.17) is 4.42 Å². The van der Waals surface area contributed by atoms with Gasteiger partial charge in [-0.15, -0.1) is 0 Å². The summed E-state index contributed by atoms with van der Waals surface area (Å²) in [4.78, 5) is 24.5. The number of fused-ring (bicyclic) bond motifs is 1. The maximum Gasteiger partial charge on any atom is 0.287 e. The predicted octanol–water partition coefficient (Wildman–Crippen LogP) is 3.34. The number of nitrogens with zero attached hydrogens (tertiary/aromatic N) is 1. The van der Waals surface area contributed by atoms with Crippen LogP contribution < -0.4 is 10.7 Å². The quantitative estimate of drug-likeness (QED) is 0.791. The summed E-state index contributed by atoms with van der Waals surface area (Å²) < 4.78 is 19.5. The number of halogens is 1. The highest BCUT2D eigenvalue weighted by Gasteiger charge is 2.28. The van der Waals surface area contributed by atoms with Gasteiger partial charge in [-0.25, -0.2) is 9.82 Å². The van der Waals surface area contributed by atoms with Gasteiger partial charge in [-0.2, -0.15) is 5.10 Å². The molecular weight excluding hydrogens is 349 g/mol. The number of benzene rings is 1. The van der Waals surface area contributed by atoms with Crippen LogP contribution in [0.15, 0.2) is 33.8 Å². The average molecular weight is 371 g/mol. The first kappa shape index (κ1) is 18.8. The van der Waals surface area contributed by atoms with Crippen molar-refractivity contribution in [3.8, 4) is 0 Å². The Kier molecular flexibility index (Phi) is 5.69. The largest absolute Gasteiger partial charge is 0.455 e. The predicted molar refractivity (Wildman–Crippen MR) is 99.4 cm³/mol. The minimum atomic E-state index is -0.616. The van der Waals surface area contributed by atoms with Crippen molar-refractivity contribution in [2.24, 2.45) is 5.10 Å². The van der Waals surface area contributed by atoms with E-state index in [1.807, 2.05) is 13.8 Å². The van der Waals surface area contributed by atoms with Crippen molar-refractivity contribution < 1.29 is 18.4 Å². The Bertz CT molecular complexity index is 902. The number of carbonyl (C=O) groups is 2. The number of hydrazone groups is 1. The highest BCUT2D eigenvalue weighted by Crippen LogP contribution is 2.29. The standard InChI is InChI=1S/C20H22FN3O3/c1-3-11-22-20(26)18-12(2)17-15(9-6-10-16(17)27-18)23-24-19(25)13-7-4-5-8-14(13)21/h4-5,7-8H,3,6,9-11H2,1-2H3,(H,22,26)(H,24,25)/b23-15+. The molecule has 3 rings (SSSR count). The Morgan fingerprint density at radius 2 is 2.00 bits per heavy atom. The number of furan rings is 1. The first-order chi connectivity index (χ1) is 13.0. The summed E-state index contributed by atoms with van der Waals surface area (Å²) in [7, 11) is 0. The molecule has 0 saturated carbocycles. The molecule has 6 nitrogen and oxygen atoms in total. The second kappa shape index (κ2) is 8.16. The van der Waals surface area contributed by atoms with Crippen LogP contribution in [0.2, 0.25) is 0 Å². The minimum Gasteiger partial charge on any atom is -0.455 e. The van der Waals surface area contributed by atoms with E-state index >= 15 is 0 Å². The molecule has 0 bridgehead atoms. The number of hydrogen-bond donors (Lipinski definition) is 2. The van der Waals surface area contributed by atoms with Crippen LogP contribution in [0.4, 0.5) is 4.39 Å². The molecule has 7 heteroatoms. The third-order valence-corrected chi connectivity index (χ3v) is 4.48. The molecule has 2 amide bonds. The highest BCUT2D eigenvalue weighted by molar-refractivity contribution is 6.07. The summed E-state index contributed by atoms with van der Waals surface area (Å²) in [5, 5.41) is 7.00. The molecule has 1 aliphatic carbocycles. The van der Waals surface area contributed by atoms with Crippen LogP contribution in [-0.4, -0.2) is 24.1 Å². The van der Waals surface area contributed by atoms with Crippen LogP contribution in [-0.2, 0) is 6.42 Å². The van der Waals surface area contributed by atoms with Crippen LogP contribution in [0, 0.1) is 12.7 Å². The van der Waals surface area contributed by atoms with E-state index in [2.05, 4.69) is 15.8 Å². The Morgan fingerprint density at radius 3 is 2.74 bits per heavy atom. The monoisotopic (exact) mass is 371 g/mol. The van der Waals surface area contributed by atoms with Gasteiger partial charge < -0.3 is 9.73 Å². The molecule has 1 heterocycles. The summed E-state index contributed by atoms with van der Waals surface area (Å²) in [6, 6.07) is 5.73. The van der Waals surface area contributed by atoms with Gasteiger partial charge in [-0.3, -0.25) is 9.59 Å². The molecule has 0 fully saturated rings. The molecule has 0 spiro atoms. The van der Waals surface area contributed by atoms with Gasteiger partial charge in [0.25, 0.3) is 11.8 Å². The summed E-state index contributed by atoms with van der Waals surface area (Å²) in [5.41, 5.74) is 4.45. The number of amides is 2. The number of aryl methyl sites for hydroxylation is 1. The van der Waals surface area contributed by atoms with Gasteiger partial charge in [0.15, 0.2) is 5.76 Å². The van der Waals surface area contributed by atoms with Crippen molar-refractivity contribution in [2.45, 2.75) is 39.5 Å². The van der Waals surface area contributed by atoms with Crippen LogP contribution in [0.5, 0.6) is 0 Å². The van der Waals surface area contributed by atoms with Crippen LogP contribution in [0.3, 0.4) is 0 Å². The van der Waals surface area contributed by atoms with Crippen molar-refractivity contribution in [1.82, 2.24) is 10.7 Å². The summed E-state index contributed by atoms with van der Waals surface area (Å²) >= 11 is 0. The van der Waals surface area contributed by atoms with Gasteiger partial charge in [0.05, 0.1) is 11.3 Å². The molecule has 0 aliphatic heterocycles. The summed E-state index contributed by atoms with van der Waals surface area (Å²) in [6.07, 6.45) is 2.98. The Labute approximate surface area is 156 Å². The molecule has 142 valence electrons. The Balaban J connectivity index is 1.84. The van der Waals surface area contributed by atoms with Crippen molar-refractivity contribution in [1.29, 1.82) is 0 Å². The normalized spacial score (nSPS) is 14.7. The third-order valence-electron chi connectivity index (χ3n) is 4.48. The molecule has 1 aromatic carbocycles. The highest BCUT2D eigenvalue weighted by atomic mass is 19.1. The van der Waals surface area contributed by atoms with Gasteiger partial charge in [-0.05, 0) is 38.3 Å². The van der Waals surface area contributed by atoms with Gasteiger partial charge in [0, 0.05) is 24.1 Å². The molecule has 2 N–H and O–H groups in total. The average Bonchev–Trinajstić information content (AvgIpc) is 3.02. The second-order valence-electron chi connectivity index (χ2n) is 6.44. The van der Waals surface area contributed by atoms with Crippen molar-refractivity contribution in [3.05, 3.63) is 58.3 Å². The molecule has 27 heavy (non-hydrogen) atoms. The lowest BCUT2D eigenvalue weighted by atomic mass is 9.93. The molecule has 1 aromatic heterocycles. The van der Waals surface area contributed by atoms with E-state index in [0.717, 1.165) is 18.4 Å². The Morgan fingerprint density at radius 1 is 1.22 bits per heavy atom. The zero-order valence-electron chi connectivity index (χ0n) is 15.4. The maximum atomic E-state index is 13.7. The van der Waals surface area contributed by atoms with Gasteiger partial charge in [0.2, 0.25) is 0 Å². The number of nitrogens with one attached hydrogen (secondary N) is 2. The lowest BCUT2D eigenvalue weighted by molar-refractivity contribution is 0.0921. The van der Waals surface area contributed by atoms with E-state index in [-0.39, 0.29) is 17.2 Å². The fourth-order valence-electron chi connectivity index (χ4n) is 3.14. The molecule has 0 radical (unpaired) electrons. The van der Waals surface area contributed by atoms with E-state index in [0.29, 0.717) is 36.4 Å². The van der Waals surface area contributed by atoms with Crippen molar-refractivity contribution in [3.63, 3.8) is 0 Å². The zero-order chi connectivity index (χ0) is 19.4. The third kappa shape index (κ3) is 3.92. The second-order valence-corrected chi connectivity index (χ2v) is 6.44. The first-order valence-corrected chi connectivity index (χ1v) is 9.05. The topological polar surface area (TPSA) is 83.7 Å². The van der Waals surface area contributed by atoms with Gasteiger partial charge in [-0.1, -0.05) is 19.1 Å². The first-order valence-electron chi connectivity index (χ1n) is 9.05. The van der Waals surface area contributed by atoms with Gasteiger partial charge >= 0.3 is 0 Å². The van der Waals surface area contributed by atoms with E-state index in [9.17, 15) is 14.0 Å². The Hall–Kier alpha value is -2.96. The van der Waals surface area contributed by atoms with E-state index < -0.39 is 11.7 Å². The van der Waals surface area contributed by atoms with Crippen molar-refractivity contribution in [2.75, 3.05) is 6.54 Å². The molecule has 0 saturated heterocycles. The molecular formula is C20H22FN3O3. The molecule has 0 unspecified atom stereocenters. The van der Waals surface area contributed by atoms with Crippen LogP contribution in [0.1, 0.15) is 64.0 Å². The lowest BCUT2D eigenvalue weighted by Gasteiger charge is -2.13. The zero-order valence-corrected chi connectivity index (χ0v) is 15.4. The number of rotatable bonds is 5. The number of hydrogen-bond acceptors (Lipinski definition) is 4. The smallest absolute Gasteiger partial charge is 0.287 e. The van der Waals surface area contributed by atoms with Crippen LogP contribution >= 0.6 is 0 Å². The van der Waals surface area contributed by atoms with Crippen molar-refractivity contribution >= 4 is 17.5 Å². The molecule has 2 aromatic rings. The molecule has 1 aliphatic rings. The fraction of sp³-hybridized carbons (Fsp3) is 0.350. The van der Waals surface area contributed by atoms with E-state index in [1.165, 1.54) is 18.2 Å². The fourth-order valence-corrected chi connectivity index (χ4v) is 3.14. The van der Waals surface area contributed by atoms with E-state index in [1.54, 1.807) is 6.07 Å². The summed E-state index contributed by atoms with van der Waals surface area (Å²) in [5.74, 6) is -0.495. The SMILES string of the molecule is CCCNC(=O)c1oc2c(c1C)/C(=N/NC(=O)c1ccccc1F)CCC2. The number of carbonyl (C=O) groups excluding carboxylic acids is 2. The van der Waals surface area contributed by atoms with Gasteiger partial charge in [0.1, 0.15) is 11.6 Å².